The van der Waals surface area contributed by atoms with Gasteiger partial charge in [0.2, 0.25) is 0 Å². The predicted molar refractivity (Wildman–Crippen MR) is 116 cm³/mol. The van der Waals surface area contributed by atoms with Crippen LogP contribution in [0.1, 0.15) is 78.6 Å². The number of ether oxygens (including phenoxy) is 3. The summed E-state index contributed by atoms with van der Waals surface area (Å²) in [5, 5.41) is 0. The van der Waals surface area contributed by atoms with E-state index in [0.29, 0.717) is 35.7 Å². The van der Waals surface area contributed by atoms with Gasteiger partial charge in [0.15, 0.2) is 5.79 Å². The van der Waals surface area contributed by atoms with Crippen LogP contribution in [-0.2, 0) is 19.0 Å². The third-order valence-electron chi connectivity index (χ3n) is 10.4. The number of halogens is 1. The summed E-state index contributed by atoms with van der Waals surface area (Å²) >= 11 is 6.02. The van der Waals surface area contributed by atoms with E-state index in [9.17, 15) is 4.79 Å². The second kappa shape index (κ2) is 7.63. The van der Waals surface area contributed by atoms with Crippen molar-refractivity contribution in [3.63, 3.8) is 0 Å². The number of rotatable bonds is 4. The summed E-state index contributed by atoms with van der Waals surface area (Å²) in [6.07, 6.45) is 10.9. The van der Waals surface area contributed by atoms with Gasteiger partial charge in [-0.3, -0.25) is 4.79 Å². The van der Waals surface area contributed by atoms with Crippen LogP contribution >= 0.6 is 11.6 Å². The molecule has 1 saturated heterocycles. The summed E-state index contributed by atoms with van der Waals surface area (Å²) in [7, 11) is 0. The van der Waals surface area contributed by atoms with E-state index in [-0.39, 0.29) is 17.5 Å². The van der Waals surface area contributed by atoms with E-state index in [4.69, 9.17) is 25.8 Å². The van der Waals surface area contributed by atoms with E-state index >= 15 is 0 Å². The molecule has 0 bridgehead atoms. The Labute approximate surface area is 186 Å². The first-order valence-electron chi connectivity index (χ1n) is 12.3. The molecule has 5 aliphatic rings. The zero-order chi connectivity index (χ0) is 21.1. The Bertz CT molecular complexity index is 684. The lowest BCUT2D eigenvalue weighted by Gasteiger charge is -2.61. The molecule has 4 nitrogen and oxygen atoms in total. The molecule has 5 heteroatoms. The zero-order valence-corrected chi connectivity index (χ0v) is 19.7. The molecular weight excluding hydrogens is 400 g/mol. The molecule has 4 saturated carbocycles. The number of fused-ring (bicyclic) bond motifs is 7. The number of esters is 1. The van der Waals surface area contributed by atoms with Crippen LogP contribution in [0.15, 0.2) is 0 Å². The lowest BCUT2D eigenvalue weighted by molar-refractivity contribution is -0.292. The van der Waals surface area contributed by atoms with Gasteiger partial charge in [0.25, 0.3) is 0 Å². The van der Waals surface area contributed by atoms with Crippen LogP contribution in [0.2, 0.25) is 0 Å². The van der Waals surface area contributed by atoms with Gasteiger partial charge in [0.1, 0.15) is 6.10 Å². The summed E-state index contributed by atoms with van der Waals surface area (Å²) in [5.41, 5.74) is 0.503. The van der Waals surface area contributed by atoms with Crippen molar-refractivity contribution in [2.75, 3.05) is 19.1 Å². The van der Waals surface area contributed by atoms with E-state index in [1.54, 1.807) is 6.92 Å². The van der Waals surface area contributed by atoms with Crippen molar-refractivity contribution in [1.82, 2.24) is 0 Å². The first-order valence-corrected chi connectivity index (χ1v) is 12.9. The van der Waals surface area contributed by atoms with Crippen molar-refractivity contribution < 1.29 is 19.0 Å². The van der Waals surface area contributed by atoms with Gasteiger partial charge in [0, 0.05) is 24.1 Å². The maximum absolute atomic E-state index is 11.5. The van der Waals surface area contributed by atoms with E-state index in [0.717, 1.165) is 37.7 Å². The maximum atomic E-state index is 11.5. The van der Waals surface area contributed by atoms with Crippen molar-refractivity contribution in [2.24, 2.45) is 40.4 Å². The smallest absolute Gasteiger partial charge is 0.302 e. The molecular formula is C25H39ClO4. The van der Waals surface area contributed by atoms with Crippen molar-refractivity contribution in [3.8, 4) is 0 Å². The summed E-state index contributed by atoms with van der Waals surface area (Å²) in [4.78, 5) is 11.5. The second-order valence-electron chi connectivity index (χ2n) is 11.4. The average molecular weight is 439 g/mol. The molecule has 3 unspecified atom stereocenters. The van der Waals surface area contributed by atoms with Crippen molar-refractivity contribution in [3.05, 3.63) is 0 Å². The minimum Gasteiger partial charge on any atom is -0.463 e. The lowest BCUT2D eigenvalue weighted by Crippen LogP contribution is -2.58. The van der Waals surface area contributed by atoms with E-state index in [1.807, 2.05) is 0 Å². The van der Waals surface area contributed by atoms with E-state index in [1.165, 1.54) is 38.5 Å². The molecule has 0 aromatic carbocycles. The van der Waals surface area contributed by atoms with Gasteiger partial charge in [-0.15, -0.1) is 11.6 Å². The third-order valence-corrected chi connectivity index (χ3v) is 10.5. The Morgan fingerprint density at radius 1 is 1.03 bits per heavy atom. The number of hydrogen-bond donors (Lipinski definition) is 0. The fourth-order valence-corrected chi connectivity index (χ4v) is 9.21. The Morgan fingerprint density at radius 2 is 1.87 bits per heavy atom. The molecule has 0 radical (unpaired) electrons. The Morgan fingerprint density at radius 3 is 2.63 bits per heavy atom. The molecule has 0 N–H and O–H groups in total. The standard InChI is InChI=1S/C25H39ClO4/c1-16(27)30-19-6-9-23(2)17(14-19)4-5-20-21(23)7-10-24(3)22(20)15-18-8-12-28-25(18,24)29-13-11-26/h17-22H,4-15H2,1-3H3/t17?,18-,19?,20-,21+,22+,23+,24+,25?/m1/s1. The molecule has 170 valence electrons. The summed E-state index contributed by atoms with van der Waals surface area (Å²) < 4.78 is 18.6. The number of alkyl halides is 1. The van der Waals surface area contributed by atoms with E-state index < -0.39 is 5.79 Å². The molecule has 4 aliphatic carbocycles. The van der Waals surface area contributed by atoms with Crippen LogP contribution in [-0.4, -0.2) is 37.0 Å². The Kier molecular flexibility index (Phi) is 5.47. The van der Waals surface area contributed by atoms with Gasteiger partial charge in [-0.25, -0.2) is 0 Å². The molecule has 0 aromatic rings. The molecule has 9 atom stereocenters. The second-order valence-corrected chi connectivity index (χ2v) is 11.8. The molecule has 1 aliphatic heterocycles. The molecule has 1 heterocycles. The van der Waals surface area contributed by atoms with Crippen molar-refractivity contribution in [2.45, 2.75) is 90.4 Å². The summed E-state index contributed by atoms with van der Waals surface area (Å²) in [6, 6.07) is 0. The SMILES string of the molecule is CC(=O)OC1CC[C@@]2(C)C(CC[C@@H]3[C@@H]2CC[C@@]2(C)[C@H]3C[C@H]3CCOC32OCCCl)C1. The Hall–Kier alpha value is -0.320. The minimum atomic E-state index is -0.401. The maximum Gasteiger partial charge on any atom is 0.302 e. The predicted octanol–water partition coefficient (Wildman–Crippen LogP) is 5.56. The fraction of sp³-hybridized carbons (Fsp3) is 0.960. The first-order chi connectivity index (χ1) is 14.3. The normalized spacial score (nSPS) is 52.1. The van der Waals surface area contributed by atoms with Gasteiger partial charge in [-0.1, -0.05) is 13.8 Å². The number of carbonyl (C=O) groups is 1. The third kappa shape index (κ3) is 2.95. The van der Waals surface area contributed by atoms with Gasteiger partial charge in [-0.2, -0.15) is 0 Å². The lowest BCUT2D eigenvalue weighted by atomic mass is 9.45. The zero-order valence-electron chi connectivity index (χ0n) is 19.0. The highest BCUT2D eigenvalue weighted by atomic mass is 35.5. The summed E-state index contributed by atoms with van der Waals surface area (Å²) in [6.45, 7) is 8.01. The van der Waals surface area contributed by atoms with Crippen LogP contribution in [0.4, 0.5) is 0 Å². The quantitative estimate of drug-likeness (QED) is 0.425. The van der Waals surface area contributed by atoms with Crippen molar-refractivity contribution in [1.29, 1.82) is 0 Å². The monoisotopic (exact) mass is 438 g/mol. The highest BCUT2D eigenvalue weighted by Crippen LogP contribution is 2.71. The molecule has 5 rings (SSSR count). The van der Waals surface area contributed by atoms with E-state index in [2.05, 4.69) is 13.8 Å². The Balaban J connectivity index is 1.38. The molecule has 0 aromatic heterocycles. The highest BCUT2D eigenvalue weighted by Gasteiger charge is 2.71. The average Bonchev–Trinajstić information content (AvgIpc) is 3.22. The highest BCUT2D eigenvalue weighted by molar-refractivity contribution is 6.17. The van der Waals surface area contributed by atoms with Crippen LogP contribution < -0.4 is 0 Å². The van der Waals surface area contributed by atoms with Crippen LogP contribution in [0.5, 0.6) is 0 Å². The minimum absolute atomic E-state index is 0.111. The first kappa shape index (κ1) is 21.5. The number of carbonyl (C=O) groups excluding carboxylic acids is 1. The van der Waals surface area contributed by atoms with Crippen LogP contribution in [0.25, 0.3) is 0 Å². The molecule has 5 fully saturated rings. The van der Waals surface area contributed by atoms with Gasteiger partial charge in [-0.05, 0) is 86.9 Å². The van der Waals surface area contributed by atoms with Crippen molar-refractivity contribution >= 4 is 17.6 Å². The fourth-order valence-electron chi connectivity index (χ4n) is 9.13. The molecule has 0 spiro atoms. The van der Waals surface area contributed by atoms with Gasteiger partial charge >= 0.3 is 5.97 Å². The van der Waals surface area contributed by atoms with Crippen LogP contribution in [0.3, 0.4) is 0 Å². The topological polar surface area (TPSA) is 44.8 Å². The van der Waals surface area contributed by atoms with Crippen LogP contribution in [0, 0.1) is 40.4 Å². The molecule has 0 amide bonds. The van der Waals surface area contributed by atoms with Gasteiger partial charge in [0.05, 0.1) is 13.2 Å². The number of hydrogen-bond acceptors (Lipinski definition) is 4. The molecule has 30 heavy (non-hydrogen) atoms. The summed E-state index contributed by atoms with van der Waals surface area (Å²) in [5.74, 6) is 3.50. The largest absolute Gasteiger partial charge is 0.463 e. The van der Waals surface area contributed by atoms with Gasteiger partial charge < -0.3 is 14.2 Å².